The van der Waals surface area contributed by atoms with E-state index in [4.69, 9.17) is 16.3 Å². The van der Waals surface area contributed by atoms with Gasteiger partial charge in [0.2, 0.25) is 0 Å². The average molecular weight is 312 g/mol. The number of fused-ring (bicyclic) bond motifs is 1. The predicted octanol–water partition coefficient (Wildman–Crippen LogP) is 4.79. The number of benzene rings is 3. The Balaban J connectivity index is 1.91. The largest absolute Gasteiger partial charge is 0.489 e. The summed E-state index contributed by atoms with van der Waals surface area (Å²) in [4.78, 5) is 0. The van der Waals surface area contributed by atoms with Gasteiger partial charge in [0.25, 0.3) is 0 Å². The van der Waals surface area contributed by atoms with Crippen molar-refractivity contribution in [2.75, 3.05) is 7.05 Å². The average Bonchev–Trinajstić information content (AvgIpc) is 2.54. The number of halogens is 1. The first-order valence-electron chi connectivity index (χ1n) is 7.30. The van der Waals surface area contributed by atoms with Gasteiger partial charge in [0.05, 0.1) is 0 Å². The first-order chi connectivity index (χ1) is 10.8. The van der Waals surface area contributed by atoms with Crippen molar-refractivity contribution < 1.29 is 4.74 Å². The second kappa shape index (κ2) is 6.82. The lowest BCUT2D eigenvalue weighted by Crippen LogP contribution is -2.08. The summed E-state index contributed by atoms with van der Waals surface area (Å²) in [5, 5.41) is 6.40. The Hall–Kier alpha value is -2.03. The molecule has 3 aromatic carbocycles. The monoisotopic (exact) mass is 311 g/mol. The molecule has 2 nitrogen and oxygen atoms in total. The quantitative estimate of drug-likeness (QED) is 0.731. The van der Waals surface area contributed by atoms with Crippen molar-refractivity contribution in [2.24, 2.45) is 0 Å². The fourth-order valence-electron chi connectivity index (χ4n) is 2.60. The summed E-state index contributed by atoms with van der Waals surface area (Å²) in [5.41, 5.74) is 2.25. The van der Waals surface area contributed by atoms with E-state index in [1.165, 1.54) is 16.3 Å². The molecule has 0 fully saturated rings. The zero-order valence-corrected chi connectivity index (χ0v) is 13.2. The van der Waals surface area contributed by atoms with E-state index in [0.29, 0.717) is 6.61 Å². The van der Waals surface area contributed by atoms with Gasteiger partial charge >= 0.3 is 0 Å². The summed E-state index contributed by atoms with van der Waals surface area (Å²) in [5.74, 6) is 0.910. The molecule has 3 rings (SSSR count). The number of hydrogen-bond donors (Lipinski definition) is 1. The number of hydrogen-bond acceptors (Lipinski definition) is 2. The van der Waals surface area contributed by atoms with Gasteiger partial charge in [-0.15, -0.1) is 0 Å². The van der Waals surface area contributed by atoms with Crippen LogP contribution in [0.25, 0.3) is 10.8 Å². The van der Waals surface area contributed by atoms with Crippen LogP contribution >= 0.6 is 11.6 Å². The molecule has 0 heterocycles. The minimum atomic E-state index is 0.510. The summed E-state index contributed by atoms with van der Waals surface area (Å²) < 4.78 is 6.04. The fraction of sp³-hybridized carbons (Fsp3) is 0.158. The normalized spacial score (nSPS) is 10.8. The molecule has 0 aliphatic rings. The van der Waals surface area contributed by atoms with Crippen LogP contribution in [-0.4, -0.2) is 7.05 Å². The van der Waals surface area contributed by atoms with Gasteiger partial charge in [0.1, 0.15) is 12.4 Å². The molecule has 0 aliphatic heterocycles. The molecular formula is C19H18ClNO. The Labute approximate surface area is 135 Å². The van der Waals surface area contributed by atoms with Crippen molar-refractivity contribution >= 4 is 22.4 Å². The molecule has 0 aliphatic carbocycles. The van der Waals surface area contributed by atoms with Gasteiger partial charge in [-0.3, -0.25) is 0 Å². The number of nitrogens with one attached hydrogen (secondary N) is 1. The summed E-state index contributed by atoms with van der Waals surface area (Å²) in [6.45, 7) is 1.28. The lowest BCUT2D eigenvalue weighted by molar-refractivity contribution is 0.303. The maximum Gasteiger partial charge on any atom is 0.124 e. The van der Waals surface area contributed by atoms with E-state index in [0.717, 1.165) is 22.9 Å². The van der Waals surface area contributed by atoms with E-state index in [2.05, 4.69) is 35.6 Å². The van der Waals surface area contributed by atoms with E-state index in [-0.39, 0.29) is 0 Å². The van der Waals surface area contributed by atoms with Gasteiger partial charge in [-0.1, -0.05) is 54.1 Å². The van der Waals surface area contributed by atoms with Crippen LogP contribution in [-0.2, 0) is 13.2 Å². The molecule has 0 aromatic heterocycles. The summed E-state index contributed by atoms with van der Waals surface area (Å²) in [7, 11) is 1.95. The molecule has 22 heavy (non-hydrogen) atoms. The Bertz CT molecular complexity index is 785. The molecule has 0 amide bonds. The Morgan fingerprint density at radius 3 is 2.68 bits per heavy atom. The lowest BCUT2D eigenvalue weighted by atomic mass is 10.0. The molecule has 1 N–H and O–H groups in total. The molecule has 0 atom stereocenters. The van der Waals surface area contributed by atoms with Crippen LogP contribution in [0.2, 0.25) is 5.02 Å². The molecule has 0 bridgehead atoms. The number of rotatable bonds is 5. The third-order valence-electron chi connectivity index (χ3n) is 3.63. The van der Waals surface area contributed by atoms with Gasteiger partial charge in [0.15, 0.2) is 0 Å². The molecule has 112 valence electrons. The number of ether oxygens (including phenoxy) is 1. The van der Waals surface area contributed by atoms with Crippen LogP contribution in [0.3, 0.4) is 0 Å². The molecule has 3 aromatic rings. The summed E-state index contributed by atoms with van der Waals surface area (Å²) >= 11 is 6.02. The van der Waals surface area contributed by atoms with Gasteiger partial charge in [0, 0.05) is 17.1 Å². The van der Waals surface area contributed by atoms with Gasteiger partial charge in [-0.2, -0.15) is 0 Å². The highest BCUT2D eigenvalue weighted by atomic mass is 35.5. The van der Waals surface area contributed by atoms with Crippen molar-refractivity contribution in [1.82, 2.24) is 5.32 Å². The molecule has 0 spiro atoms. The lowest BCUT2D eigenvalue weighted by Gasteiger charge is -2.14. The highest BCUT2D eigenvalue weighted by Gasteiger charge is 2.08. The zero-order chi connectivity index (χ0) is 15.4. The van der Waals surface area contributed by atoms with E-state index < -0.39 is 0 Å². The van der Waals surface area contributed by atoms with Crippen LogP contribution in [0, 0.1) is 0 Å². The summed E-state index contributed by atoms with van der Waals surface area (Å²) in [6, 6.07) is 20.3. The van der Waals surface area contributed by atoms with Crippen LogP contribution in [0.1, 0.15) is 11.1 Å². The van der Waals surface area contributed by atoms with Crippen LogP contribution in [0.4, 0.5) is 0 Å². The molecule has 0 unspecified atom stereocenters. The first-order valence-corrected chi connectivity index (χ1v) is 7.68. The van der Waals surface area contributed by atoms with Crippen LogP contribution in [0.15, 0.2) is 60.7 Å². The topological polar surface area (TPSA) is 21.3 Å². The summed E-state index contributed by atoms with van der Waals surface area (Å²) in [6.07, 6.45) is 0. The Kier molecular flexibility index (Phi) is 4.62. The van der Waals surface area contributed by atoms with Crippen molar-refractivity contribution in [3.8, 4) is 5.75 Å². The van der Waals surface area contributed by atoms with Crippen LogP contribution < -0.4 is 10.1 Å². The Morgan fingerprint density at radius 2 is 1.86 bits per heavy atom. The molecule has 0 saturated carbocycles. The molecule has 3 heteroatoms. The second-order valence-corrected chi connectivity index (χ2v) is 5.65. The SMILES string of the molecule is CNCc1c(OCc2cccc(Cl)c2)ccc2ccccc12. The smallest absolute Gasteiger partial charge is 0.124 e. The van der Waals surface area contributed by atoms with Gasteiger partial charge < -0.3 is 10.1 Å². The maximum absolute atomic E-state index is 6.04. The highest BCUT2D eigenvalue weighted by Crippen LogP contribution is 2.28. The third kappa shape index (κ3) is 3.24. The second-order valence-electron chi connectivity index (χ2n) is 5.21. The van der Waals surface area contributed by atoms with Crippen molar-refractivity contribution in [3.63, 3.8) is 0 Å². The Morgan fingerprint density at radius 1 is 1.00 bits per heavy atom. The third-order valence-corrected chi connectivity index (χ3v) is 3.87. The van der Waals surface area contributed by atoms with E-state index >= 15 is 0 Å². The highest BCUT2D eigenvalue weighted by molar-refractivity contribution is 6.30. The predicted molar refractivity (Wildman–Crippen MR) is 92.5 cm³/mol. The molecular weight excluding hydrogens is 294 g/mol. The standard InChI is InChI=1S/C19H18ClNO/c1-21-12-18-17-8-3-2-6-15(17)9-10-19(18)22-13-14-5-4-7-16(20)11-14/h2-11,21H,12-13H2,1H3. The fourth-order valence-corrected chi connectivity index (χ4v) is 2.81. The van der Waals surface area contributed by atoms with Gasteiger partial charge in [-0.05, 0) is 41.6 Å². The molecule has 0 saturated heterocycles. The van der Waals surface area contributed by atoms with E-state index in [1.807, 2.05) is 37.4 Å². The van der Waals surface area contributed by atoms with E-state index in [9.17, 15) is 0 Å². The van der Waals surface area contributed by atoms with E-state index in [1.54, 1.807) is 0 Å². The minimum absolute atomic E-state index is 0.510. The van der Waals surface area contributed by atoms with Gasteiger partial charge in [-0.25, -0.2) is 0 Å². The van der Waals surface area contributed by atoms with Crippen LogP contribution in [0.5, 0.6) is 5.75 Å². The first kappa shape index (κ1) is 14.9. The maximum atomic E-state index is 6.04. The molecule has 0 radical (unpaired) electrons. The van der Waals surface area contributed by atoms with Crippen molar-refractivity contribution in [1.29, 1.82) is 0 Å². The van der Waals surface area contributed by atoms with Crippen molar-refractivity contribution in [2.45, 2.75) is 13.2 Å². The van der Waals surface area contributed by atoms with Crippen molar-refractivity contribution in [3.05, 3.63) is 76.8 Å². The zero-order valence-electron chi connectivity index (χ0n) is 12.5. The minimum Gasteiger partial charge on any atom is -0.489 e.